The number of ether oxygens (including phenoxy) is 3. The molecule has 142 valence electrons. The lowest BCUT2D eigenvalue weighted by Gasteiger charge is -2.36. The van der Waals surface area contributed by atoms with Crippen LogP contribution in [0.25, 0.3) is 5.57 Å². The molecule has 2 heterocycles. The van der Waals surface area contributed by atoms with Gasteiger partial charge in [-0.05, 0) is 51.2 Å². The normalized spacial score (nSPS) is 22.5. The molecular formula is C21H29NO4. The van der Waals surface area contributed by atoms with E-state index in [1.165, 1.54) is 5.57 Å². The first kappa shape index (κ1) is 18.9. The third-order valence-corrected chi connectivity index (χ3v) is 4.99. The Kier molecular flexibility index (Phi) is 5.39. The number of carbonyl (C=O) groups is 1. The highest BCUT2D eigenvalue weighted by Crippen LogP contribution is 2.41. The van der Waals surface area contributed by atoms with Crippen LogP contribution in [0.3, 0.4) is 0 Å². The molecule has 2 unspecified atom stereocenters. The molecule has 1 aromatic carbocycles. The predicted octanol–water partition coefficient (Wildman–Crippen LogP) is 4.53. The van der Waals surface area contributed by atoms with E-state index in [4.69, 9.17) is 14.2 Å². The first-order valence-electron chi connectivity index (χ1n) is 9.21. The van der Waals surface area contributed by atoms with Gasteiger partial charge in [-0.2, -0.15) is 0 Å². The van der Waals surface area contributed by atoms with Crippen molar-refractivity contribution in [1.82, 2.24) is 4.90 Å². The van der Waals surface area contributed by atoms with Crippen LogP contribution in [0.15, 0.2) is 30.3 Å². The van der Waals surface area contributed by atoms with Crippen molar-refractivity contribution in [3.8, 4) is 0 Å². The van der Waals surface area contributed by atoms with Gasteiger partial charge < -0.3 is 14.2 Å². The summed E-state index contributed by atoms with van der Waals surface area (Å²) >= 11 is 0. The van der Waals surface area contributed by atoms with Crippen LogP contribution in [0.5, 0.6) is 0 Å². The van der Waals surface area contributed by atoms with Gasteiger partial charge in [0.15, 0.2) is 6.29 Å². The van der Waals surface area contributed by atoms with Crippen molar-refractivity contribution in [3.63, 3.8) is 0 Å². The van der Waals surface area contributed by atoms with Crippen molar-refractivity contribution >= 4 is 11.7 Å². The van der Waals surface area contributed by atoms with Crippen molar-refractivity contribution in [1.29, 1.82) is 0 Å². The third-order valence-electron chi connectivity index (χ3n) is 4.99. The summed E-state index contributed by atoms with van der Waals surface area (Å²) in [4.78, 5) is 14.5. The smallest absolute Gasteiger partial charge is 0.411 e. The van der Waals surface area contributed by atoms with Crippen molar-refractivity contribution in [2.45, 2.75) is 64.0 Å². The number of hydrogen-bond donors (Lipinski definition) is 0. The van der Waals surface area contributed by atoms with Gasteiger partial charge in [0.1, 0.15) is 5.60 Å². The minimum absolute atomic E-state index is 0.0928. The Morgan fingerprint density at radius 1 is 1.15 bits per heavy atom. The summed E-state index contributed by atoms with van der Waals surface area (Å²) in [6.45, 7) is 5.72. The Morgan fingerprint density at radius 2 is 1.85 bits per heavy atom. The lowest BCUT2D eigenvalue weighted by Crippen LogP contribution is -2.45. The van der Waals surface area contributed by atoms with Crippen LogP contribution < -0.4 is 0 Å². The fourth-order valence-corrected chi connectivity index (χ4v) is 3.97. The Hall–Kier alpha value is -1.85. The van der Waals surface area contributed by atoms with Gasteiger partial charge in [0.05, 0.1) is 6.04 Å². The first-order chi connectivity index (χ1) is 12.3. The summed E-state index contributed by atoms with van der Waals surface area (Å²) in [6.07, 6.45) is 4.42. The van der Waals surface area contributed by atoms with Gasteiger partial charge in [-0.25, -0.2) is 4.79 Å². The molecule has 2 aliphatic heterocycles. The summed E-state index contributed by atoms with van der Waals surface area (Å²) < 4.78 is 16.5. The number of carbonyl (C=O) groups excluding carboxylic acids is 1. The highest BCUT2D eigenvalue weighted by molar-refractivity contribution is 5.76. The molecule has 0 radical (unpaired) electrons. The van der Waals surface area contributed by atoms with Crippen molar-refractivity contribution in [2.24, 2.45) is 0 Å². The van der Waals surface area contributed by atoms with Crippen LogP contribution in [-0.2, 0) is 14.2 Å². The zero-order chi connectivity index (χ0) is 18.9. The van der Waals surface area contributed by atoms with Crippen LogP contribution >= 0.6 is 0 Å². The minimum Gasteiger partial charge on any atom is -0.444 e. The topological polar surface area (TPSA) is 48.0 Å². The second-order valence-electron chi connectivity index (χ2n) is 7.97. The highest BCUT2D eigenvalue weighted by Gasteiger charge is 2.42. The number of methoxy groups -OCH3 is 2. The summed E-state index contributed by atoms with van der Waals surface area (Å²) in [6, 6.07) is 8.45. The highest BCUT2D eigenvalue weighted by atomic mass is 16.7. The number of benzene rings is 1. The molecule has 2 aliphatic rings. The van der Waals surface area contributed by atoms with Gasteiger partial charge in [0, 0.05) is 25.8 Å². The molecule has 2 bridgehead atoms. The molecule has 1 aromatic rings. The van der Waals surface area contributed by atoms with E-state index in [0.717, 1.165) is 30.4 Å². The molecule has 5 heteroatoms. The molecule has 0 aromatic heterocycles. The zero-order valence-corrected chi connectivity index (χ0v) is 16.3. The summed E-state index contributed by atoms with van der Waals surface area (Å²) in [5.74, 6) is 0. The fraction of sp³-hybridized carbons (Fsp3) is 0.571. The maximum atomic E-state index is 12.6. The van der Waals surface area contributed by atoms with E-state index in [1.54, 1.807) is 14.2 Å². The lowest BCUT2D eigenvalue weighted by atomic mass is 9.91. The van der Waals surface area contributed by atoms with E-state index in [9.17, 15) is 4.79 Å². The minimum atomic E-state index is -0.475. The predicted molar refractivity (Wildman–Crippen MR) is 101 cm³/mol. The number of hydrogen-bond acceptors (Lipinski definition) is 4. The van der Waals surface area contributed by atoms with Crippen molar-refractivity contribution in [2.75, 3.05) is 14.2 Å². The fourth-order valence-electron chi connectivity index (χ4n) is 3.97. The Morgan fingerprint density at radius 3 is 2.46 bits per heavy atom. The molecule has 1 amide bonds. The molecule has 0 saturated carbocycles. The second-order valence-corrected chi connectivity index (χ2v) is 7.97. The molecule has 0 aliphatic carbocycles. The Balaban J connectivity index is 1.88. The molecule has 1 fully saturated rings. The molecule has 3 rings (SSSR count). The van der Waals surface area contributed by atoms with E-state index >= 15 is 0 Å². The molecule has 2 atom stereocenters. The summed E-state index contributed by atoms with van der Waals surface area (Å²) in [5, 5.41) is 0. The van der Waals surface area contributed by atoms with Gasteiger partial charge in [-0.15, -0.1) is 0 Å². The van der Waals surface area contributed by atoms with E-state index in [2.05, 4.69) is 12.1 Å². The Bertz CT molecular complexity index is 687. The van der Waals surface area contributed by atoms with Gasteiger partial charge in [0.25, 0.3) is 0 Å². The van der Waals surface area contributed by atoms with Gasteiger partial charge in [0.2, 0.25) is 0 Å². The van der Waals surface area contributed by atoms with Crippen LogP contribution in [0.1, 0.15) is 57.5 Å². The average molecular weight is 359 g/mol. The van der Waals surface area contributed by atoms with Gasteiger partial charge in [-0.1, -0.05) is 30.3 Å². The van der Waals surface area contributed by atoms with Crippen LogP contribution in [0.4, 0.5) is 4.79 Å². The Labute approximate surface area is 155 Å². The second kappa shape index (κ2) is 7.41. The molecule has 5 nitrogen and oxygen atoms in total. The number of fused-ring (bicyclic) bond motifs is 2. The van der Waals surface area contributed by atoms with Crippen LogP contribution in [0, 0.1) is 0 Å². The van der Waals surface area contributed by atoms with E-state index < -0.39 is 11.9 Å². The molecule has 0 spiro atoms. The SMILES string of the molecule is COC(OC)c1ccccc1C1=CC2CCC(C1)N2C(=O)OC(C)(C)C. The van der Waals surface area contributed by atoms with Gasteiger partial charge >= 0.3 is 6.09 Å². The van der Waals surface area contributed by atoms with Crippen LogP contribution in [0.2, 0.25) is 0 Å². The summed E-state index contributed by atoms with van der Waals surface area (Å²) in [7, 11) is 3.29. The third kappa shape index (κ3) is 3.79. The lowest BCUT2D eigenvalue weighted by molar-refractivity contribution is -0.106. The van der Waals surface area contributed by atoms with Crippen molar-refractivity contribution < 1.29 is 19.0 Å². The van der Waals surface area contributed by atoms with Crippen LogP contribution in [-0.4, -0.2) is 42.9 Å². The number of amides is 1. The standard InChI is InChI=1S/C21H29NO4/c1-21(2,3)26-20(23)22-15-10-11-16(22)13-14(12-15)17-8-6-7-9-18(17)19(24-4)25-5/h6-9,12,15-16,19H,10-11,13H2,1-5H3. The average Bonchev–Trinajstić information content (AvgIpc) is 2.85. The number of rotatable bonds is 4. The molecular weight excluding hydrogens is 330 g/mol. The molecule has 26 heavy (non-hydrogen) atoms. The summed E-state index contributed by atoms with van der Waals surface area (Å²) in [5.41, 5.74) is 2.94. The largest absolute Gasteiger partial charge is 0.444 e. The maximum Gasteiger partial charge on any atom is 0.411 e. The van der Waals surface area contributed by atoms with Gasteiger partial charge in [-0.3, -0.25) is 4.90 Å². The first-order valence-corrected chi connectivity index (χ1v) is 9.21. The van der Waals surface area contributed by atoms with E-state index in [0.29, 0.717) is 0 Å². The monoisotopic (exact) mass is 359 g/mol. The molecule has 1 saturated heterocycles. The zero-order valence-electron chi connectivity index (χ0n) is 16.3. The van der Waals surface area contributed by atoms with Crippen molar-refractivity contribution in [3.05, 3.63) is 41.5 Å². The van der Waals surface area contributed by atoms with E-state index in [1.807, 2.05) is 43.9 Å². The molecule has 0 N–H and O–H groups in total. The van der Waals surface area contributed by atoms with E-state index in [-0.39, 0.29) is 18.2 Å². The quantitative estimate of drug-likeness (QED) is 0.741. The number of nitrogens with zero attached hydrogens (tertiary/aromatic N) is 1. The maximum absolute atomic E-state index is 12.6.